The smallest absolute Gasteiger partial charge is 0.311 e. The fraction of sp³-hybridized carbons (Fsp3) is 0.583. The first-order chi connectivity index (χ1) is 9.20. The van der Waals surface area contributed by atoms with Crippen LogP contribution in [0.1, 0.15) is 19.8 Å². The Bertz CT molecular complexity index is 447. The Hall–Kier alpha value is -1.89. The van der Waals surface area contributed by atoms with Crippen molar-refractivity contribution >= 4 is 17.3 Å². The molecule has 7 nitrogen and oxygen atoms in total. The number of nitro groups is 1. The van der Waals surface area contributed by atoms with Crippen molar-refractivity contribution in [3.05, 3.63) is 22.2 Å². The molecule has 1 aliphatic rings. The molecular formula is C12H18N4O3. The highest BCUT2D eigenvalue weighted by Gasteiger charge is 2.22. The number of hydrogen-bond acceptors (Lipinski definition) is 6. The molecule has 19 heavy (non-hydrogen) atoms. The zero-order valence-corrected chi connectivity index (χ0v) is 10.9. The van der Waals surface area contributed by atoms with Gasteiger partial charge in [-0.15, -0.1) is 0 Å². The van der Waals surface area contributed by atoms with Gasteiger partial charge in [0.2, 0.25) is 5.82 Å². The number of ether oxygens (including phenoxy) is 1. The Balaban J connectivity index is 2.17. The minimum atomic E-state index is -0.422. The summed E-state index contributed by atoms with van der Waals surface area (Å²) in [5.74, 6) is 0.954. The van der Waals surface area contributed by atoms with E-state index in [0.29, 0.717) is 24.8 Å². The second-order valence-corrected chi connectivity index (χ2v) is 4.45. The third-order valence-electron chi connectivity index (χ3n) is 2.90. The topological polar surface area (TPSA) is 89.3 Å². The van der Waals surface area contributed by atoms with Crippen molar-refractivity contribution in [1.29, 1.82) is 0 Å². The molecule has 0 saturated carbocycles. The van der Waals surface area contributed by atoms with Crippen molar-refractivity contribution < 1.29 is 9.66 Å². The highest BCUT2D eigenvalue weighted by atomic mass is 16.6. The maximum atomic E-state index is 11.0. The molecule has 1 unspecified atom stereocenters. The second kappa shape index (κ2) is 6.33. The van der Waals surface area contributed by atoms with E-state index in [1.807, 2.05) is 6.92 Å². The molecule has 0 radical (unpaired) electrons. The van der Waals surface area contributed by atoms with Crippen LogP contribution >= 0.6 is 0 Å². The number of rotatable bonds is 6. The Morgan fingerprint density at radius 1 is 1.58 bits per heavy atom. The molecule has 7 heteroatoms. The van der Waals surface area contributed by atoms with Crippen LogP contribution in [-0.2, 0) is 4.74 Å². The standard InChI is InChI=1S/C12H18N4O3/c1-2-6-13-11-4-3-10(16(17)18)12(15-11)14-9-5-7-19-8-9/h3-4,9H,2,5-8H2,1H3,(H2,13,14,15). The fourth-order valence-corrected chi connectivity index (χ4v) is 1.90. The van der Waals surface area contributed by atoms with Gasteiger partial charge in [-0.1, -0.05) is 6.92 Å². The van der Waals surface area contributed by atoms with Crippen molar-refractivity contribution in [2.45, 2.75) is 25.8 Å². The van der Waals surface area contributed by atoms with E-state index in [2.05, 4.69) is 15.6 Å². The number of aromatic nitrogens is 1. The first-order valence-corrected chi connectivity index (χ1v) is 6.44. The molecule has 1 atom stereocenters. The summed E-state index contributed by atoms with van der Waals surface area (Å²) in [4.78, 5) is 14.8. The molecule has 1 aromatic rings. The Labute approximate surface area is 111 Å². The highest BCUT2D eigenvalue weighted by Crippen LogP contribution is 2.25. The maximum absolute atomic E-state index is 11.0. The van der Waals surface area contributed by atoms with Gasteiger partial charge in [0, 0.05) is 19.2 Å². The van der Waals surface area contributed by atoms with Gasteiger partial charge in [0.15, 0.2) is 0 Å². The summed E-state index contributed by atoms with van der Waals surface area (Å²) in [6, 6.07) is 3.19. The lowest BCUT2D eigenvalue weighted by molar-refractivity contribution is -0.384. The van der Waals surface area contributed by atoms with E-state index in [9.17, 15) is 10.1 Å². The third-order valence-corrected chi connectivity index (χ3v) is 2.90. The summed E-state index contributed by atoms with van der Waals surface area (Å²) in [7, 11) is 0. The molecule has 1 fully saturated rings. The first-order valence-electron chi connectivity index (χ1n) is 6.44. The van der Waals surface area contributed by atoms with E-state index in [1.165, 1.54) is 6.07 Å². The average Bonchev–Trinajstić information content (AvgIpc) is 2.89. The summed E-state index contributed by atoms with van der Waals surface area (Å²) in [5, 5.41) is 17.2. The molecule has 1 saturated heterocycles. The van der Waals surface area contributed by atoms with Crippen molar-refractivity contribution in [1.82, 2.24) is 4.98 Å². The van der Waals surface area contributed by atoms with Crippen LogP contribution in [0.15, 0.2) is 12.1 Å². The van der Waals surface area contributed by atoms with Gasteiger partial charge in [-0.25, -0.2) is 4.98 Å². The molecule has 0 aliphatic carbocycles. The first kappa shape index (κ1) is 13.5. The summed E-state index contributed by atoms with van der Waals surface area (Å²) < 4.78 is 5.25. The number of nitrogens with one attached hydrogen (secondary N) is 2. The summed E-state index contributed by atoms with van der Waals surface area (Å²) in [6.07, 6.45) is 1.81. The monoisotopic (exact) mass is 266 g/mol. The summed E-state index contributed by atoms with van der Waals surface area (Å²) >= 11 is 0. The number of anilines is 2. The molecule has 0 amide bonds. The minimum Gasteiger partial charge on any atom is -0.379 e. The molecule has 2 heterocycles. The lowest BCUT2D eigenvalue weighted by Crippen LogP contribution is -2.21. The quantitative estimate of drug-likeness (QED) is 0.604. The van der Waals surface area contributed by atoms with Crippen molar-refractivity contribution in [3.63, 3.8) is 0 Å². The molecule has 0 spiro atoms. The summed E-state index contributed by atoms with van der Waals surface area (Å²) in [6.45, 7) is 4.08. The van der Waals surface area contributed by atoms with E-state index < -0.39 is 4.92 Å². The Morgan fingerprint density at radius 3 is 3.05 bits per heavy atom. The van der Waals surface area contributed by atoms with Crippen LogP contribution in [0.2, 0.25) is 0 Å². The van der Waals surface area contributed by atoms with Crippen LogP contribution in [-0.4, -0.2) is 35.7 Å². The lowest BCUT2D eigenvalue weighted by atomic mass is 10.2. The fourth-order valence-electron chi connectivity index (χ4n) is 1.90. The molecule has 2 rings (SSSR count). The van der Waals surface area contributed by atoms with Crippen LogP contribution in [0, 0.1) is 10.1 Å². The Morgan fingerprint density at radius 2 is 2.42 bits per heavy atom. The maximum Gasteiger partial charge on any atom is 0.311 e. The average molecular weight is 266 g/mol. The van der Waals surface area contributed by atoms with Gasteiger partial charge >= 0.3 is 5.69 Å². The molecule has 0 bridgehead atoms. The van der Waals surface area contributed by atoms with E-state index in [0.717, 1.165) is 19.4 Å². The summed E-state index contributed by atoms with van der Waals surface area (Å²) in [5.41, 5.74) is -0.00560. The highest BCUT2D eigenvalue weighted by molar-refractivity contribution is 5.60. The van der Waals surface area contributed by atoms with E-state index >= 15 is 0 Å². The SMILES string of the molecule is CCCNc1ccc([N+](=O)[O-])c(NC2CCOC2)n1. The van der Waals surface area contributed by atoms with Crippen LogP contribution in [0.5, 0.6) is 0 Å². The van der Waals surface area contributed by atoms with Crippen molar-refractivity contribution in [3.8, 4) is 0 Å². The third kappa shape index (κ3) is 3.54. The zero-order valence-electron chi connectivity index (χ0n) is 10.9. The van der Waals surface area contributed by atoms with Gasteiger partial charge in [-0.2, -0.15) is 0 Å². The molecule has 1 aliphatic heterocycles. The largest absolute Gasteiger partial charge is 0.379 e. The van der Waals surface area contributed by atoms with E-state index in [-0.39, 0.29) is 11.7 Å². The van der Waals surface area contributed by atoms with Crippen LogP contribution in [0.3, 0.4) is 0 Å². The second-order valence-electron chi connectivity index (χ2n) is 4.45. The van der Waals surface area contributed by atoms with Gasteiger partial charge in [0.25, 0.3) is 0 Å². The van der Waals surface area contributed by atoms with Gasteiger partial charge in [0.05, 0.1) is 17.6 Å². The number of pyridine rings is 1. The predicted molar refractivity (Wildman–Crippen MR) is 72.5 cm³/mol. The van der Waals surface area contributed by atoms with Crippen molar-refractivity contribution in [2.24, 2.45) is 0 Å². The molecular weight excluding hydrogens is 248 g/mol. The molecule has 0 aromatic carbocycles. The Kier molecular flexibility index (Phi) is 4.51. The van der Waals surface area contributed by atoms with E-state index in [1.54, 1.807) is 6.07 Å². The van der Waals surface area contributed by atoms with Gasteiger partial charge in [0.1, 0.15) is 5.82 Å². The van der Waals surface area contributed by atoms with E-state index in [4.69, 9.17) is 4.74 Å². The predicted octanol–water partition coefficient (Wildman–Crippen LogP) is 2.01. The van der Waals surface area contributed by atoms with Crippen molar-refractivity contribution in [2.75, 3.05) is 30.4 Å². The normalized spacial score (nSPS) is 18.3. The molecule has 1 aromatic heterocycles. The minimum absolute atomic E-state index is 0.00560. The van der Waals surface area contributed by atoms with Crippen LogP contribution in [0.4, 0.5) is 17.3 Å². The lowest BCUT2D eigenvalue weighted by Gasteiger charge is -2.13. The molecule has 104 valence electrons. The van der Waals surface area contributed by atoms with Gasteiger partial charge in [-0.05, 0) is 18.9 Å². The van der Waals surface area contributed by atoms with Gasteiger partial charge in [-0.3, -0.25) is 10.1 Å². The van der Waals surface area contributed by atoms with Gasteiger partial charge < -0.3 is 15.4 Å². The zero-order chi connectivity index (χ0) is 13.7. The van der Waals surface area contributed by atoms with Crippen LogP contribution < -0.4 is 10.6 Å². The number of nitrogens with zero attached hydrogens (tertiary/aromatic N) is 2. The van der Waals surface area contributed by atoms with Crippen LogP contribution in [0.25, 0.3) is 0 Å². The molecule has 2 N–H and O–H groups in total. The number of hydrogen-bond donors (Lipinski definition) is 2.